The highest BCUT2D eigenvalue weighted by molar-refractivity contribution is 6.15. The third-order valence-corrected chi connectivity index (χ3v) is 4.93. The lowest BCUT2D eigenvalue weighted by molar-refractivity contribution is 0.0953. The average molecular weight is 380 g/mol. The van der Waals surface area contributed by atoms with Gasteiger partial charge in [-0.3, -0.25) is 10.2 Å². The van der Waals surface area contributed by atoms with Crippen LogP contribution in [0.25, 0.3) is 0 Å². The van der Waals surface area contributed by atoms with Gasteiger partial charge in [-0.1, -0.05) is 25.5 Å². The summed E-state index contributed by atoms with van der Waals surface area (Å²) < 4.78 is 5.39. The number of rotatable bonds is 7. The van der Waals surface area contributed by atoms with Crippen LogP contribution in [0, 0.1) is 5.41 Å². The van der Waals surface area contributed by atoms with Crippen LogP contribution >= 0.6 is 0 Å². The number of hydrogen-bond donors (Lipinski definition) is 3. The Hall–Kier alpha value is -2.86. The number of nitrogen functional groups attached to an aromatic ring is 1. The lowest BCUT2D eigenvalue weighted by Gasteiger charge is -2.29. The second kappa shape index (κ2) is 9.37. The quantitative estimate of drug-likeness (QED) is 0.391. The van der Waals surface area contributed by atoms with Crippen LogP contribution in [0.5, 0.6) is 0 Å². The number of benzene rings is 2. The summed E-state index contributed by atoms with van der Waals surface area (Å²) in [6.45, 7) is 5.95. The number of nitrogens with one attached hydrogen (secondary N) is 2. The summed E-state index contributed by atoms with van der Waals surface area (Å²) in [4.78, 5) is 14.6. The first kappa shape index (κ1) is 19.9. The van der Waals surface area contributed by atoms with Crippen molar-refractivity contribution in [2.45, 2.75) is 19.8 Å². The molecular formula is C22H28N4O2. The molecule has 0 aromatic heterocycles. The maximum absolute atomic E-state index is 12.3. The molecule has 0 aliphatic carbocycles. The molecule has 1 heterocycles. The zero-order valence-electron chi connectivity index (χ0n) is 16.3. The Morgan fingerprint density at radius 2 is 1.82 bits per heavy atom. The van der Waals surface area contributed by atoms with Gasteiger partial charge in [0.05, 0.1) is 18.9 Å². The molecule has 1 fully saturated rings. The molecule has 6 heteroatoms. The van der Waals surface area contributed by atoms with Gasteiger partial charge in [0.1, 0.15) is 0 Å². The summed E-state index contributed by atoms with van der Waals surface area (Å²) in [6.07, 6.45) is 1.97. The number of nitrogens with zero attached hydrogens (tertiary/aromatic N) is 1. The van der Waals surface area contributed by atoms with Crippen molar-refractivity contribution in [3.63, 3.8) is 0 Å². The maximum Gasteiger partial charge on any atom is 0.251 e. The minimum atomic E-state index is -0.134. The highest BCUT2D eigenvalue weighted by atomic mass is 16.5. The first-order valence-corrected chi connectivity index (χ1v) is 9.80. The van der Waals surface area contributed by atoms with Crippen LogP contribution in [0.3, 0.4) is 0 Å². The van der Waals surface area contributed by atoms with E-state index in [1.165, 1.54) is 0 Å². The van der Waals surface area contributed by atoms with Crippen LogP contribution in [-0.2, 0) is 4.74 Å². The summed E-state index contributed by atoms with van der Waals surface area (Å²) >= 11 is 0. The lowest BCUT2D eigenvalue weighted by Crippen LogP contribution is -2.36. The van der Waals surface area contributed by atoms with Gasteiger partial charge < -0.3 is 20.7 Å². The molecule has 1 amide bonds. The summed E-state index contributed by atoms with van der Waals surface area (Å²) in [5, 5.41) is 11.5. The molecule has 4 N–H and O–H groups in total. The Bertz CT molecular complexity index is 827. The first-order valence-electron chi connectivity index (χ1n) is 9.80. The van der Waals surface area contributed by atoms with Crippen molar-refractivity contribution >= 4 is 23.0 Å². The minimum absolute atomic E-state index is 0.134. The third kappa shape index (κ3) is 4.70. The Labute approximate surface area is 166 Å². The van der Waals surface area contributed by atoms with Crippen molar-refractivity contribution in [2.24, 2.45) is 0 Å². The van der Waals surface area contributed by atoms with E-state index in [0.29, 0.717) is 29.1 Å². The molecule has 2 aromatic carbocycles. The molecule has 1 saturated heterocycles. The standard InChI is InChI=1S/C22H28N4O2/c1-2-3-10-25-22(27)17-6-9-20(23)19(15-17)21(24)16-4-7-18(8-5-16)26-11-13-28-14-12-26/h4-9,15,24H,2-3,10-14,23H2,1H3,(H,25,27). The zero-order valence-corrected chi connectivity index (χ0v) is 16.3. The molecule has 0 saturated carbocycles. The van der Waals surface area contributed by atoms with Crippen molar-refractivity contribution in [1.82, 2.24) is 5.32 Å². The Kier molecular flexibility index (Phi) is 6.66. The molecule has 0 atom stereocenters. The Morgan fingerprint density at radius 3 is 2.50 bits per heavy atom. The number of amides is 1. The Morgan fingerprint density at radius 1 is 1.14 bits per heavy atom. The average Bonchev–Trinajstić information content (AvgIpc) is 2.74. The van der Waals surface area contributed by atoms with E-state index < -0.39 is 0 Å². The van der Waals surface area contributed by atoms with Crippen LogP contribution in [0.15, 0.2) is 42.5 Å². The predicted molar refractivity (Wildman–Crippen MR) is 114 cm³/mol. The molecule has 0 spiro atoms. The van der Waals surface area contributed by atoms with Crippen molar-refractivity contribution in [1.29, 1.82) is 5.41 Å². The number of hydrogen-bond acceptors (Lipinski definition) is 5. The van der Waals surface area contributed by atoms with Gasteiger partial charge in [0.25, 0.3) is 5.91 Å². The zero-order chi connectivity index (χ0) is 19.9. The topological polar surface area (TPSA) is 91.4 Å². The second-order valence-corrected chi connectivity index (χ2v) is 6.93. The molecule has 28 heavy (non-hydrogen) atoms. The summed E-state index contributed by atoms with van der Waals surface area (Å²) in [5.41, 5.74) is 9.90. The smallest absolute Gasteiger partial charge is 0.251 e. The SMILES string of the molecule is CCCCNC(=O)c1ccc(N)c(C(=N)c2ccc(N3CCOCC3)cc2)c1. The van der Waals surface area contributed by atoms with Crippen molar-refractivity contribution in [2.75, 3.05) is 43.5 Å². The van der Waals surface area contributed by atoms with E-state index in [1.807, 2.05) is 24.3 Å². The minimum Gasteiger partial charge on any atom is -0.398 e. The predicted octanol–water partition coefficient (Wildman–Crippen LogP) is 3.05. The van der Waals surface area contributed by atoms with E-state index >= 15 is 0 Å². The molecule has 0 bridgehead atoms. The van der Waals surface area contributed by atoms with E-state index in [1.54, 1.807) is 18.2 Å². The number of carbonyl (C=O) groups is 1. The molecule has 3 rings (SSSR count). The molecule has 1 aliphatic heterocycles. The van der Waals surface area contributed by atoms with Crippen molar-refractivity contribution in [3.8, 4) is 0 Å². The molecule has 6 nitrogen and oxygen atoms in total. The number of ether oxygens (including phenoxy) is 1. The maximum atomic E-state index is 12.3. The number of morpholine rings is 1. The van der Waals surface area contributed by atoms with Crippen LogP contribution in [0.1, 0.15) is 41.3 Å². The van der Waals surface area contributed by atoms with Gasteiger partial charge in [0.2, 0.25) is 0 Å². The van der Waals surface area contributed by atoms with Gasteiger partial charge in [0, 0.05) is 47.7 Å². The van der Waals surface area contributed by atoms with Gasteiger partial charge in [-0.05, 0) is 36.8 Å². The number of unbranched alkanes of at least 4 members (excludes halogenated alkanes) is 1. The number of nitrogens with two attached hydrogens (primary N) is 1. The van der Waals surface area contributed by atoms with Crippen LogP contribution < -0.4 is 16.0 Å². The summed E-state index contributed by atoms with van der Waals surface area (Å²) in [5.74, 6) is -0.134. The fourth-order valence-electron chi connectivity index (χ4n) is 3.21. The van der Waals surface area contributed by atoms with E-state index in [9.17, 15) is 4.79 Å². The highest BCUT2D eigenvalue weighted by Crippen LogP contribution is 2.22. The van der Waals surface area contributed by atoms with Crippen LogP contribution in [-0.4, -0.2) is 44.5 Å². The van der Waals surface area contributed by atoms with Crippen molar-refractivity contribution < 1.29 is 9.53 Å². The van der Waals surface area contributed by atoms with Gasteiger partial charge in [0.15, 0.2) is 0 Å². The first-order chi connectivity index (χ1) is 13.6. The van der Waals surface area contributed by atoms with Gasteiger partial charge >= 0.3 is 0 Å². The lowest BCUT2D eigenvalue weighted by atomic mass is 9.98. The normalized spacial score (nSPS) is 14.0. The van der Waals surface area contributed by atoms with Gasteiger partial charge in [-0.2, -0.15) is 0 Å². The van der Waals surface area contributed by atoms with Crippen molar-refractivity contribution in [3.05, 3.63) is 59.2 Å². The number of carbonyl (C=O) groups excluding carboxylic acids is 1. The monoisotopic (exact) mass is 380 g/mol. The molecule has 2 aromatic rings. The third-order valence-electron chi connectivity index (χ3n) is 4.93. The van der Waals surface area contributed by atoms with E-state index in [-0.39, 0.29) is 5.91 Å². The molecule has 148 valence electrons. The molecule has 1 aliphatic rings. The molecule has 0 radical (unpaired) electrons. The number of anilines is 2. The van der Waals surface area contributed by atoms with E-state index in [4.69, 9.17) is 15.9 Å². The fraction of sp³-hybridized carbons (Fsp3) is 0.364. The summed E-state index contributed by atoms with van der Waals surface area (Å²) in [6, 6.07) is 13.0. The van der Waals surface area contributed by atoms with E-state index in [0.717, 1.165) is 50.4 Å². The fourth-order valence-corrected chi connectivity index (χ4v) is 3.21. The molecular weight excluding hydrogens is 352 g/mol. The van der Waals surface area contributed by atoms with Crippen LogP contribution in [0.2, 0.25) is 0 Å². The van der Waals surface area contributed by atoms with Gasteiger partial charge in [-0.25, -0.2) is 0 Å². The molecule has 0 unspecified atom stereocenters. The highest BCUT2D eigenvalue weighted by Gasteiger charge is 2.15. The van der Waals surface area contributed by atoms with Gasteiger partial charge in [-0.15, -0.1) is 0 Å². The van der Waals surface area contributed by atoms with E-state index in [2.05, 4.69) is 17.1 Å². The summed E-state index contributed by atoms with van der Waals surface area (Å²) in [7, 11) is 0. The second-order valence-electron chi connectivity index (χ2n) is 6.93. The van der Waals surface area contributed by atoms with Crippen LogP contribution in [0.4, 0.5) is 11.4 Å². The Balaban J connectivity index is 1.75. The largest absolute Gasteiger partial charge is 0.398 e.